The van der Waals surface area contributed by atoms with Crippen LogP contribution in [0.15, 0.2) is 18.2 Å². The first-order valence-electron chi connectivity index (χ1n) is 4.73. The molecule has 2 N–H and O–H groups in total. The third kappa shape index (κ3) is 4.91. The third-order valence-electron chi connectivity index (χ3n) is 2.06. The Bertz CT molecular complexity index is 303. The van der Waals surface area contributed by atoms with Crippen molar-refractivity contribution in [3.05, 3.63) is 23.8 Å². The number of rotatable bonds is 4. The summed E-state index contributed by atoms with van der Waals surface area (Å²) in [5, 5.41) is 0. The lowest BCUT2D eigenvalue weighted by Crippen LogP contribution is -2.19. The second-order valence-corrected chi connectivity index (χ2v) is 3.67. The minimum atomic E-state index is 0. The van der Waals surface area contributed by atoms with Crippen LogP contribution in [0.1, 0.15) is 5.56 Å². The number of ether oxygens (including phenoxy) is 1. The molecule has 0 saturated carbocycles. The predicted molar refractivity (Wildman–Crippen MR) is 66.9 cm³/mol. The Morgan fingerprint density at radius 1 is 1.33 bits per heavy atom. The summed E-state index contributed by atoms with van der Waals surface area (Å²) >= 11 is 0. The first-order valence-corrected chi connectivity index (χ1v) is 4.73. The summed E-state index contributed by atoms with van der Waals surface area (Å²) in [5.41, 5.74) is 7.63. The highest BCUT2D eigenvalue weighted by atomic mass is 35.5. The normalized spacial score (nSPS) is 9.87. The van der Waals surface area contributed by atoms with Crippen LogP contribution in [-0.4, -0.2) is 32.1 Å². The van der Waals surface area contributed by atoms with E-state index in [-0.39, 0.29) is 12.4 Å². The smallest absolute Gasteiger partial charge is 0.121 e. The summed E-state index contributed by atoms with van der Waals surface area (Å²) in [7, 11) is 4.04. The van der Waals surface area contributed by atoms with Crippen LogP contribution in [0.5, 0.6) is 5.75 Å². The molecule has 4 heteroatoms. The number of halogens is 1. The Labute approximate surface area is 97.6 Å². The molecule has 0 fully saturated rings. The van der Waals surface area contributed by atoms with Gasteiger partial charge in [-0.1, -0.05) is 6.07 Å². The van der Waals surface area contributed by atoms with Crippen LogP contribution in [0.2, 0.25) is 0 Å². The molecule has 0 aliphatic carbocycles. The zero-order chi connectivity index (χ0) is 10.6. The topological polar surface area (TPSA) is 38.5 Å². The van der Waals surface area contributed by atoms with Gasteiger partial charge in [-0.05, 0) is 32.6 Å². The maximum Gasteiger partial charge on any atom is 0.121 e. The maximum absolute atomic E-state index is 5.76. The lowest BCUT2D eigenvalue weighted by atomic mass is 10.2. The van der Waals surface area contributed by atoms with Crippen molar-refractivity contribution in [3.8, 4) is 5.75 Å². The van der Waals surface area contributed by atoms with E-state index in [9.17, 15) is 0 Å². The van der Waals surface area contributed by atoms with Crippen molar-refractivity contribution in [3.63, 3.8) is 0 Å². The Morgan fingerprint density at radius 2 is 2.00 bits per heavy atom. The molecule has 0 radical (unpaired) electrons. The molecule has 1 rings (SSSR count). The number of likely N-dealkylation sites (N-methyl/N-ethyl adjacent to an activating group) is 1. The van der Waals surface area contributed by atoms with Crippen molar-refractivity contribution < 1.29 is 4.74 Å². The molecule has 0 aromatic heterocycles. The van der Waals surface area contributed by atoms with Gasteiger partial charge in [0.25, 0.3) is 0 Å². The molecular weight excluding hydrogens is 212 g/mol. The third-order valence-corrected chi connectivity index (χ3v) is 2.06. The summed E-state index contributed by atoms with van der Waals surface area (Å²) in [6.07, 6.45) is 0. The Morgan fingerprint density at radius 3 is 2.53 bits per heavy atom. The molecule has 0 saturated heterocycles. The SMILES string of the molecule is Cc1ccc(OCCN(C)C)cc1N.Cl. The van der Waals surface area contributed by atoms with Crippen molar-refractivity contribution in [2.24, 2.45) is 0 Å². The van der Waals surface area contributed by atoms with Gasteiger partial charge >= 0.3 is 0 Å². The van der Waals surface area contributed by atoms with E-state index < -0.39 is 0 Å². The Balaban J connectivity index is 0.00000196. The molecule has 15 heavy (non-hydrogen) atoms. The molecule has 0 spiro atoms. The molecule has 1 aromatic carbocycles. The van der Waals surface area contributed by atoms with Crippen molar-refractivity contribution in [1.29, 1.82) is 0 Å². The zero-order valence-electron chi connectivity index (χ0n) is 9.49. The molecule has 0 bridgehead atoms. The number of nitrogens with two attached hydrogens (primary N) is 1. The molecule has 0 heterocycles. The fourth-order valence-corrected chi connectivity index (χ4v) is 1.05. The van der Waals surface area contributed by atoms with Crippen LogP contribution >= 0.6 is 12.4 Å². The molecule has 0 unspecified atom stereocenters. The van der Waals surface area contributed by atoms with E-state index in [1.54, 1.807) is 0 Å². The van der Waals surface area contributed by atoms with Crippen molar-refractivity contribution in [1.82, 2.24) is 4.90 Å². The van der Waals surface area contributed by atoms with Gasteiger partial charge in [-0.15, -0.1) is 12.4 Å². The lowest BCUT2D eigenvalue weighted by Gasteiger charge is -2.11. The fourth-order valence-electron chi connectivity index (χ4n) is 1.05. The van der Waals surface area contributed by atoms with Crippen LogP contribution in [0.4, 0.5) is 5.69 Å². The van der Waals surface area contributed by atoms with Gasteiger partial charge in [0.2, 0.25) is 0 Å². The van der Waals surface area contributed by atoms with Crippen molar-refractivity contribution in [2.45, 2.75) is 6.92 Å². The Kier molecular flexibility index (Phi) is 6.13. The Hall–Kier alpha value is -0.930. The number of anilines is 1. The van der Waals surface area contributed by atoms with Gasteiger partial charge in [0, 0.05) is 18.3 Å². The van der Waals surface area contributed by atoms with Gasteiger partial charge < -0.3 is 15.4 Å². The second-order valence-electron chi connectivity index (χ2n) is 3.67. The number of nitrogens with zero attached hydrogens (tertiary/aromatic N) is 1. The van der Waals surface area contributed by atoms with Crippen molar-refractivity contribution >= 4 is 18.1 Å². The van der Waals surface area contributed by atoms with Crippen LogP contribution in [0, 0.1) is 6.92 Å². The van der Waals surface area contributed by atoms with E-state index >= 15 is 0 Å². The number of hydrogen-bond donors (Lipinski definition) is 1. The maximum atomic E-state index is 5.76. The lowest BCUT2D eigenvalue weighted by molar-refractivity contribution is 0.261. The van der Waals surface area contributed by atoms with Crippen LogP contribution in [0.25, 0.3) is 0 Å². The van der Waals surface area contributed by atoms with Crippen LogP contribution < -0.4 is 10.5 Å². The summed E-state index contributed by atoms with van der Waals surface area (Å²) in [5.74, 6) is 0.843. The molecule has 0 atom stereocenters. The highest BCUT2D eigenvalue weighted by Crippen LogP contribution is 2.18. The fraction of sp³-hybridized carbons (Fsp3) is 0.455. The largest absolute Gasteiger partial charge is 0.492 e. The number of aryl methyl sites for hydroxylation is 1. The summed E-state index contributed by atoms with van der Waals surface area (Å²) in [4.78, 5) is 2.08. The minimum Gasteiger partial charge on any atom is -0.492 e. The first kappa shape index (κ1) is 14.1. The first-order chi connectivity index (χ1) is 6.59. The van der Waals surface area contributed by atoms with Crippen LogP contribution in [-0.2, 0) is 0 Å². The molecule has 86 valence electrons. The summed E-state index contributed by atoms with van der Waals surface area (Å²) < 4.78 is 5.53. The monoisotopic (exact) mass is 230 g/mol. The van der Waals surface area contributed by atoms with E-state index in [2.05, 4.69) is 4.90 Å². The van der Waals surface area contributed by atoms with Gasteiger partial charge in [0.1, 0.15) is 12.4 Å². The number of nitrogen functional groups attached to an aromatic ring is 1. The molecule has 1 aromatic rings. The van der Waals surface area contributed by atoms with Gasteiger partial charge in [-0.2, -0.15) is 0 Å². The van der Waals surface area contributed by atoms with E-state index in [1.165, 1.54) is 0 Å². The number of benzene rings is 1. The van der Waals surface area contributed by atoms with Gasteiger partial charge in [-0.25, -0.2) is 0 Å². The van der Waals surface area contributed by atoms with E-state index in [4.69, 9.17) is 10.5 Å². The highest BCUT2D eigenvalue weighted by Gasteiger charge is 1.97. The predicted octanol–water partition coefficient (Wildman–Crippen LogP) is 1.94. The quantitative estimate of drug-likeness (QED) is 0.804. The average molecular weight is 231 g/mol. The summed E-state index contributed by atoms with van der Waals surface area (Å²) in [6, 6.07) is 5.78. The zero-order valence-corrected chi connectivity index (χ0v) is 10.3. The van der Waals surface area contributed by atoms with Gasteiger partial charge in [0.05, 0.1) is 0 Å². The molecule has 0 aliphatic rings. The van der Waals surface area contributed by atoms with Gasteiger partial charge in [-0.3, -0.25) is 0 Å². The van der Waals surface area contributed by atoms with Gasteiger partial charge in [0.15, 0.2) is 0 Å². The standard InChI is InChI=1S/C11H18N2O.ClH/c1-9-4-5-10(8-11(9)12)14-7-6-13(2)3;/h4-5,8H,6-7,12H2,1-3H3;1H. The van der Waals surface area contributed by atoms with Crippen LogP contribution in [0.3, 0.4) is 0 Å². The molecule has 0 aliphatic heterocycles. The highest BCUT2D eigenvalue weighted by molar-refractivity contribution is 5.85. The summed E-state index contributed by atoms with van der Waals surface area (Å²) in [6.45, 7) is 3.59. The van der Waals surface area contributed by atoms with E-state index in [1.807, 2.05) is 39.2 Å². The minimum absolute atomic E-state index is 0. The molecule has 0 amide bonds. The molecular formula is C11H19ClN2O. The second kappa shape index (κ2) is 6.53. The van der Waals surface area contributed by atoms with E-state index in [0.29, 0.717) is 6.61 Å². The molecule has 3 nitrogen and oxygen atoms in total. The average Bonchev–Trinajstić information content (AvgIpc) is 2.10. The number of hydrogen-bond acceptors (Lipinski definition) is 3. The van der Waals surface area contributed by atoms with Crippen molar-refractivity contribution in [2.75, 3.05) is 33.0 Å². The van der Waals surface area contributed by atoms with E-state index in [0.717, 1.165) is 23.5 Å².